The Labute approximate surface area is 114 Å². The van der Waals surface area contributed by atoms with Crippen LogP contribution >= 0.6 is 0 Å². The molecule has 3 aromatic heterocycles. The third-order valence-corrected chi connectivity index (χ3v) is 3.06. The van der Waals surface area contributed by atoms with E-state index in [0.29, 0.717) is 17.0 Å². The Morgan fingerprint density at radius 2 is 2.00 bits per heavy atom. The third kappa shape index (κ3) is 1.99. The number of nitrogens with zero attached hydrogens (tertiary/aromatic N) is 4. The minimum Gasteiger partial charge on any atom is -0.383 e. The molecule has 3 heterocycles. The van der Waals surface area contributed by atoms with Gasteiger partial charge in [-0.25, -0.2) is 4.98 Å². The molecule has 0 amide bonds. The van der Waals surface area contributed by atoms with Crippen molar-refractivity contribution in [3.8, 4) is 0 Å². The lowest BCUT2D eigenvalue weighted by molar-refractivity contribution is 0.771. The largest absolute Gasteiger partial charge is 0.383 e. The zero-order valence-electron chi connectivity index (χ0n) is 11.2. The number of pyridine rings is 2. The second-order valence-corrected chi connectivity index (χ2v) is 4.59. The maximum Gasteiger partial charge on any atom is 0.261 e. The van der Waals surface area contributed by atoms with Crippen LogP contribution in [0.4, 0.5) is 17.5 Å². The van der Waals surface area contributed by atoms with Crippen LogP contribution in [0.15, 0.2) is 35.4 Å². The number of nitrogen functional groups attached to an aromatic ring is 1. The average Bonchev–Trinajstić information content (AvgIpc) is 2.79. The number of nitrogens with one attached hydrogen (secondary N) is 1. The summed E-state index contributed by atoms with van der Waals surface area (Å²) in [6, 6.07) is 5.44. The number of aryl methyl sites for hydroxylation is 2. The van der Waals surface area contributed by atoms with E-state index in [1.54, 1.807) is 24.0 Å². The zero-order valence-corrected chi connectivity index (χ0v) is 11.2. The fourth-order valence-corrected chi connectivity index (χ4v) is 2.06. The summed E-state index contributed by atoms with van der Waals surface area (Å²) in [6.07, 6.45) is 3.52. The first kappa shape index (κ1) is 12.2. The highest BCUT2D eigenvalue weighted by molar-refractivity contribution is 5.92. The molecule has 7 heteroatoms. The summed E-state index contributed by atoms with van der Waals surface area (Å²) in [7, 11) is 3.51. The van der Waals surface area contributed by atoms with Gasteiger partial charge in [0.2, 0.25) is 0 Å². The molecule has 0 atom stereocenters. The molecule has 0 spiro atoms. The predicted molar refractivity (Wildman–Crippen MR) is 77.9 cm³/mol. The van der Waals surface area contributed by atoms with E-state index in [9.17, 15) is 4.79 Å². The maximum absolute atomic E-state index is 12.0. The van der Waals surface area contributed by atoms with E-state index in [-0.39, 0.29) is 11.4 Å². The molecule has 0 aromatic carbocycles. The van der Waals surface area contributed by atoms with Crippen LogP contribution in [0.25, 0.3) is 10.8 Å². The van der Waals surface area contributed by atoms with E-state index in [1.165, 1.54) is 4.57 Å². The minimum atomic E-state index is -0.156. The smallest absolute Gasteiger partial charge is 0.261 e. The van der Waals surface area contributed by atoms with Gasteiger partial charge in [-0.3, -0.25) is 9.48 Å². The number of nitrogens with two attached hydrogens (primary N) is 1. The molecular weight excluding hydrogens is 256 g/mol. The molecule has 102 valence electrons. The van der Waals surface area contributed by atoms with Crippen molar-refractivity contribution in [1.82, 2.24) is 19.3 Å². The molecular formula is C13H14N6O. The van der Waals surface area contributed by atoms with Gasteiger partial charge in [0.1, 0.15) is 11.6 Å². The SMILES string of the molecule is Cn1ccc(Nc2cc3ccn(C)c(=O)c3c(N)n2)n1. The number of fused-ring (bicyclic) bond motifs is 1. The monoisotopic (exact) mass is 270 g/mol. The molecule has 3 rings (SSSR count). The Balaban J connectivity index is 2.11. The molecule has 3 N–H and O–H groups in total. The molecule has 0 fully saturated rings. The van der Waals surface area contributed by atoms with Crippen LogP contribution in [0.3, 0.4) is 0 Å². The van der Waals surface area contributed by atoms with Crippen molar-refractivity contribution >= 4 is 28.2 Å². The highest BCUT2D eigenvalue weighted by atomic mass is 16.1. The van der Waals surface area contributed by atoms with Crippen molar-refractivity contribution in [1.29, 1.82) is 0 Å². The summed E-state index contributed by atoms with van der Waals surface area (Å²) in [5.74, 6) is 1.44. The highest BCUT2D eigenvalue weighted by Gasteiger charge is 2.09. The van der Waals surface area contributed by atoms with E-state index in [4.69, 9.17) is 5.73 Å². The molecule has 3 aromatic rings. The van der Waals surface area contributed by atoms with Gasteiger partial charge in [0.05, 0.1) is 5.39 Å². The number of hydrogen-bond acceptors (Lipinski definition) is 5. The van der Waals surface area contributed by atoms with Crippen molar-refractivity contribution in [2.75, 3.05) is 11.1 Å². The first-order chi connectivity index (χ1) is 9.54. The Bertz CT molecular complexity index is 848. The zero-order chi connectivity index (χ0) is 14.3. The van der Waals surface area contributed by atoms with Gasteiger partial charge in [0.15, 0.2) is 5.82 Å². The van der Waals surface area contributed by atoms with E-state index in [1.807, 2.05) is 25.4 Å². The van der Waals surface area contributed by atoms with Crippen molar-refractivity contribution in [2.24, 2.45) is 14.1 Å². The number of aromatic nitrogens is 4. The van der Waals surface area contributed by atoms with Crippen LogP contribution in [0.5, 0.6) is 0 Å². The molecule has 20 heavy (non-hydrogen) atoms. The summed E-state index contributed by atoms with van der Waals surface area (Å²) < 4.78 is 3.16. The third-order valence-electron chi connectivity index (χ3n) is 3.06. The van der Waals surface area contributed by atoms with Crippen LogP contribution in [-0.4, -0.2) is 19.3 Å². The highest BCUT2D eigenvalue weighted by Crippen LogP contribution is 2.21. The van der Waals surface area contributed by atoms with Crippen molar-refractivity contribution in [3.05, 3.63) is 40.9 Å². The molecule has 0 unspecified atom stereocenters. The normalized spacial score (nSPS) is 10.9. The van der Waals surface area contributed by atoms with Crippen LogP contribution in [0.2, 0.25) is 0 Å². The lowest BCUT2D eigenvalue weighted by Gasteiger charge is -2.07. The Hall–Kier alpha value is -2.83. The van der Waals surface area contributed by atoms with Gasteiger partial charge in [-0.15, -0.1) is 0 Å². The van der Waals surface area contributed by atoms with Crippen molar-refractivity contribution in [2.45, 2.75) is 0 Å². The summed E-state index contributed by atoms with van der Waals surface area (Å²) in [5.41, 5.74) is 5.74. The summed E-state index contributed by atoms with van der Waals surface area (Å²) >= 11 is 0. The lowest BCUT2D eigenvalue weighted by Crippen LogP contribution is -2.17. The summed E-state index contributed by atoms with van der Waals surface area (Å²) in [6.45, 7) is 0. The summed E-state index contributed by atoms with van der Waals surface area (Å²) in [5, 5.41) is 8.45. The molecule has 0 aliphatic carbocycles. The Morgan fingerprint density at radius 1 is 1.20 bits per heavy atom. The quantitative estimate of drug-likeness (QED) is 0.724. The Morgan fingerprint density at radius 3 is 2.70 bits per heavy atom. The Kier molecular flexibility index (Phi) is 2.67. The van der Waals surface area contributed by atoms with Crippen LogP contribution in [-0.2, 0) is 14.1 Å². The second kappa shape index (κ2) is 4.37. The van der Waals surface area contributed by atoms with Gasteiger partial charge in [0, 0.05) is 32.6 Å². The van der Waals surface area contributed by atoms with Gasteiger partial charge in [-0.2, -0.15) is 5.10 Å². The van der Waals surface area contributed by atoms with Crippen molar-refractivity contribution < 1.29 is 0 Å². The molecule has 0 radical (unpaired) electrons. The van der Waals surface area contributed by atoms with E-state index in [0.717, 1.165) is 5.39 Å². The van der Waals surface area contributed by atoms with Crippen LogP contribution in [0.1, 0.15) is 0 Å². The van der Waals surface area contributed by atoms with E-state index < -0.39 is 0 Å². The van der Waals surface area contributed by atoms with Gasteiger partial charge in [0.25, 0.3) is 5.56 Å². The van der Waals surface area contributed by atoms with Gasteiger partial charge >= 0.3 is 0 Å². The molecule has 0 saturated carbocycles. The van der Waals surface area contributed by atoms with E-state index in [2.05, 4.69) is 15.4 Å². The van der Waals surface area contributed by atoms with Gasteiger partial charge < -0.3 is 15.6 Å². The van der Waals surface area contributed by atoms with Crippen LogP contribution < -0.4 is 16.6 Å². The summed E-state index contributed by atoms with van der Waals surface area (Å²) in [4.78, 5) is 16.2. The standard InChI is InChI=1S/C13H14N6O/c1-18-5-3-8-7-10(15-9-4-6-19(2)17-9)16-12(14)11(8)13(18)20/h3-7H,1-2H3,(H3,14,15,16,17). The fourth-order valence-electron chi connectivity index (χ4n) is 2.06. The second-order valence-electron chi connectivity index (χ2n) is 4.59. The van der Waals surface area contributed by atoms with Gasteiger partial charge in [-0.05, 0) is 17.5 Å². The van der Waals surface area contributed by atoms with Crippen molar-refractivity contribution in [3.63, 3.8) is 0 Å². The fraction of sp³-hybridized carbons (Fsp3) is 0.154. The average molecular weight is 270 g/mol. The molecule has 0 saturated heterocycles. The number of hydrogen-bond donors (Lipinski definition) is 2. The molecule has 7 nitrogen and oxygen atoms in total. The predicted octanol–water partition coefficient (Wildman–Crippen LogP) is 0.993. The van der Waals surface area contributed by atoms with Crippen LogP contribution in [0, 0.1) is 0 Å². The maximum atomic E-state index is 12.0. The first-order valence-electron chi connectivity index (χ1n) is 6.07. The van der Waals surface area contributed by atoms with E-state index >= 15 is 0 Å². The molecule has 0 aliphatic rings. The molecule has 0 bridgehead atoms. The number of anilines is 3. The minimum absolute atomic E-state index is 0.156. The van der Waals surface area contributed by atoms with Gasteiger partial charge in [-0.1, -0.05) is 0 Å². The topological polar surface area (TPSA) is 90.8 Å². The number of rotatable bonds is 2. The molecule has 0 aliphatic heterocycles. The first-order valence-corrected chi connectivity index (χ1v) is 6.07. The lowest BCUT2D eigenvalue weighted by atomic mass is 10.2.